The van der Waals surface area contributed by atoms with Gasteiger partial charge in [-0.05, 0) is 71.8 Å². The summed E-state index contributed by atoms with van der Waals surface area (Å²) in [7, 11) is 3.25. The van der Waals surface area contributed by atoms with Crippen LogP contribution in [0.5, 0.6) is 23.0 Å². The van der Waals surface area contributed by atoms with Crippen molar-refractivity contribution in [2.24, 2.45) is 0 Å². The fourth-order valence-electron chi connectivity index (χ4n) is 4.39. The molecule has 0 amide bonds. The van der Waals surface area contributed by atoms with E-state index in [-0.39, 0.29) is 17.6 Å². The largest absolute Gasteiger partial charge is 0.508 e. The van der Waals surface area contributed by atoms with Crippen molar-refractivity contribution in [2.45, 2.75) is 39.5 Å². The molecule has 3 rings (SSSR count). The van der Waals surface area contributed by atoms with E-state index in [1.807, 2.05) is 70.2 Å². The number of ether oxygens (including phenoxy) is 3. The van der Waals surface area contributed by atoms with Gasteiger partial charge in [-0.1, -0.05) is 32.0 Å². The molecule has 0 fully saturated rings. The minimum Gasteiger partial charge on any atom is -0.508 e. The first-order valence-corrected chi connectivity index (χ1v) is 11.2. The summed E-state index contributed by atoms with van der Waals surface area (Å²) in [5.41, 5.74) is 5.81. The predicted molar refractivity (Wildman–Crippen MR) is 132 cm³/mol. The maximum atomic E-state index is 11.0. The Labute approximate surface area is 200 Å². The van der Waals surface area contributed by atoms with Crippen LogP contribution in [0.15, 0.2) is 48.5 Å². The molecular weight excluding hydrogens is 432 g/mol. The maximum Gasteiger partial charge on any atom is 0.341 e. The molecule has 0 heterocycles. The van der Waals surface area contributed by atoms with Crippen molar-refractivity contribution in [2.75, 3.05) is 20.8 Å². The number of carboxylic acids is 1. The van der Waals surface area contributed by atoms with Crippen molar-refractivity contribution in [3.05, 3.63) is 81.9 Å². The van der Waals surface area contributed by atoms with Gasteiger partial charge in [-0.3, -0.25) is 0 Å². The highest BCUT2D eigenvalue weighted by molar-refractivity contribution is 5.68. The Morgan fingerprint density at radius 1 is 0.882 bits per heavy atom. The second-order valence-corrected chi connectivity index (χ2v) is 8.67. The van der Waals surface area contributed by atoms with Gasteiger partial charge in [0.1, 0.15) is 23.0 Å². The average Bonchev–Trinajstić information content (AvgIpc) is 2.80. The molecule has 0 radical (unpaired) electrons. The van der Waals surface area contributed by atoms with Crippen LogP contribution in [0.3, 0.4) is 0 Å². The van der Waals surface area contributed by atoms with Gasteiger partial charge in [0.25, 0.3) is 0 Å². The molecule has 0 spiro atoms. The first-order chi connectivity index (χ1) is 16.2. The zero-order valence-electron chi connectivity index (χ0n) is 20.5. The third-order valence-electron chi connectivity index (χ3n) is 5.98. The molecule has 3 aromatic carbocycles. The van der Waals surface area contributed by atoms with Gasteiger partial charge in [0.05, 0.1) is 14.2 Å². The van der Waals surface area contributed by atoms with E-state index in [1.165, 1.54) is 0 Å². The molecular formula is C28H32O6. The summed E-state index contributed by atoms with van der Waals surface area (Å²) >= 11 is 0. The first kappa shape index (κ1) is 25.0. The number of phenolic OH excluding ortho intramolecular Hbond substituents is 1. The van der Waals surface area contributed by atoms with Crippen molar-refractivity contribution in [1.82, 2.24) is 0 Å². The molecule has 0 saturated heterocycles. The molecule has 180 valence electrons. The molecule has 0 aliphatic carbocycles. The number of rotatable bonds is 9. The molecule has 1 unspecified atom stereocenters. The Hall–Kier alpha value is -3.67. The normalized spacial score (nSPS) is 11.9. The smallest absolute Gasteiger partial charge is 0.341 e. The highest BCUT2D eigenvalue weighted by atomic mass is 16.5. The summed E-state index contributed by atoms with van der Waals surface area (Å²) in [6, 6.07) is 15.2. The van der Waals surface area contributed by atoms with Crippen LogP contribution in [0, 0.1) is 13.8 Å². The number of benzene rings is 3. The molecule has 2 N–H and O–H groups in total. The van der Waals surface area contributed by atoms with Crippen LogP contribution in [-0.2, 0) is 4.79 Å². The van der Waals surface area contributed by atoms with Gasteiger partial charge >= 0.3 is 5.97 Å². The quantitative estimate of drug-likeness (QED) is 0.390. The van der Waals surface area contributed by atoms with E-state index in [2.05, 4.69) is 0 Å². The number of phenols is 1. The van der Waals surface area contributed by atoms with Crippen LogP contribution in [0.2, 0.25) is 0 Å². The fraction of sp³-hybridized carbons (Fsp3) is 0.321. The number of methoxy groups -OCH3 is 2. The van der Waals surface area contributed by atoms with Crippen molar-refractivity contribution < 1.29 is 29.2 Å². The summed E-state index contributed by atoms with van der Waals surface area (Å²) in [5.74, 6) is 1.08. The summed E-state index contributed by atoms with van der Waals surface area (Å²) < 4.78 is 16.6. The molecule has 1 atom stereocenters. The third kappa shape index (κ3) is 5.28. The van der Waals surface area contributed by atoms with Gasteiger partial charge < -0.3 is 24.4 Å². The fourth-order valence-corrected chi connectivity index (χ4v) is 4.39. The van der Waals surface area contributed by atoms with Gasteiger partial charge in [-0.25, -0.2) is 4.79 Å². The zero-order valence-corrected chi connectivity index (χ0v) is 20.5. The van der Waals surface area contributed by atoms with Gasteiger partial charge in [-0.2, -0.15) is 0 Å². The lowest BCUT2D eigenvalue weighted by Crippen LogP contribution is -2.12. The molecule has 3 aromatic rings. The second-order valence-electron chi connectivity index (χ2n) is 8.67. The molecule has 6 heteroatoms. The van der Waals surface area contributed by atoms with Crippen LogP contribution in [0.4, 0.5) is 0 Å². The van der Waals surface area contributed by atoms with Gasteiger partial charge in [0, 0.05) is 17.5 Å². The minimum atomic E-state index is -1.02. The average molecular weight is 465 g/mol. The number of carboxylic acid groups (broad SMARTS) is 1. The molecule has 0 aromatic heterocycles. The van der Waals surface area contributed by atoms with Crippen molar-refractivity contribution in [1.29, 1.82) is 0 Å². The summed E-state index contributed by atoms with van der Waals surface area (Å²) in [6.07, 6.45) is 0. The van der Waals surface area contributed by atoms with E-state index in [9.17, 15) is 9.90 Å². The van der Waals surface area contributed by atoms with Crippen LogP contribution >= 0.6 is 0 Å². The van der Waals surface area contributed by atoms with E-state index in [1.54, 1.807) is 20.3 Å². The van der Waals surface area contributed by atoms with E-state index < -0.39 is 12.6 Å². The Bertz CT molecular complexity index is 1160. The van der Waals surface area contributed by atoms with Gasteiger partial charge in [-0.15, -0.1) is 0 Å². The van der Waals surface area contributed by atoms with Gasteiger partial charge in [0.2, 0.25) is 0 Å². The Morgan fingerprint density at radius 3 is 2.12 bits per heavy atom. The first-order valence-electron chi connectivity index (χ1n) is 11.2. The predicted octanol–water partition coefficient (Wildman–Crippen LogP) is 5.79. The van der Waals surface area contributed by atoms with Crippen LogP contribution < -0.4 is 14.2 Å². The number of hydrogen-bond acceptors (Lipinski definition) is 5. The Morgan fingerprint density at radius 2 is 1.56 bits per heavy atom. The van der Waals surface area contributed by atoms with E-state index in [4.69, 9.17) is 19.3 Å². The standard InChI is InChI=1S/C28H32O6/c1-16(2)23-13-19(7-10-24(23)29)28(22-9-8-20(32-5)14-25(22)33-6)27-17(3)11-21(12-18(27)4)34-15-26(30)31/h7-14,16,28-29H,15H2,1-6H3,(H,30,31). The lowest BCUT2D eigenvalue weighted by atomic mass is 9.79. The maximum absolute atomic E-state index is 11.0. The van der Waals surface area contributed by atoms with E-state index >= 15 is 0 Å². The number of carbonyl (C=O) groups is 1. The van der Waals surface area contributed by atoms with Gasteiger partial charge in [0.15, 0.2) is 6.61 Å². The lowest BCUT2D eigenvalue weighted by molar-refractivity contribution is -0.139. The Kier molecular flexibility index (Phi) is 7.72. The number of aliphatic carboxylic acids is 1. The molecule has 0 aliphatic heterocycles. The van der Waals surface area contributed by atoms with Crippen LogP contribution in [-0.4, -0.2) is 37.0 Å². The topological polar surface area (TPSA) is 85.2 Å². The molecule has 34 heavy (non-hydrogen) atoms. The summed E-state index contributed by atoms with van der Waals surface area (Å²) in [5, 5.41) is 19.4. The van der Waals surface area contributed by atoms with Crippen LogP contribution in [0.25, 0.3) is 0 Å². The number of aryl methyl sites for hydroxylation is 2. The monoisotopic (exact) mass is 464 g/mol. The van der Waals surface area contributed by atoms with E-state index in [0.29, 0.717) is 17.2 Å². The molecule has 0 aliphatic rings. The van der Waals surface area contributed by atoms with Crippen molar-refractivity contribution in [3.63, 3.8) is 0 Å². The SMILES string of the molecule is COc1ccc(C(c2ccc(O)c(C(C)C)c2)c2c(C)cc(OCC(=O)O)cc2C)c(OC)c1. The highest BCUT2D eigenvalue weighted by Crippen LogP contribution is 2.43. The van der Waals surface area contributed by atoms with Crippen molar-refractivity contribution in [3.8, 4) is 23.0 Å². The summed E-state index contributed by atoms with van der Waals surface area (Å²) in [4.78, 5) is 11.0. The summed E-state index contributed by atoms with van der Waals surface area (Å²) in [6.45, 7) is 7.68. The van der Waals surface area contributed by atoms with E-state index in [0.717, 1.165) is 33.4 Å². The lowest BCUT2D eigenvalue weighted by Gasteiger charge is -2.26. The second kappa shape index (κ2) is 10.5. The zero-order chi connectivity index (χ0) is 25.0. The molecule has 0 bridgehead atoms. The molecule has 0 saturated carbocycles. The Balaban J connectivity index is 2.26. The minimum absolute atomic E-state index is 0.146. The number of hydrogen-bond donors (Lipinski definition) is 2. The van der Waals surface area contributed by atoms with Crippen LogP contribution in [0.1, 0.15) is 59.1 Å². The third-order valence-corrected chi connectivity index (χ3v) is 5.98. The van der Waals surface area contributed by atoms with Crippen molar-refractivity contribution >= 4 is 5.97 Å². The molecule has 6 nitrogen and oxygen atoms in total. The highest BCUT2D eigenvalue weighted by Gasteiger charge is 2.26. The number of aromatic hydroxyl groups is 1.